The summed E-state index contributed by atoms with van der Waals surface area (Å²) >= 11 is 0. The molecular formula is C17H17FN2O. The normalized spacial score (nSPS) is 10.6. The minimum atomic E-state index is -0.304. The Morgan fingerprint density at radius 2 is 2.00 bits per heavy atom. The number of hydrogen-bond acceptors (Lipinski definition) is 1. The molecule has 0 radical (unpaired) electrons. The van der Waals surface area contributed by atoms with E-state index in [0.29, 0.717) is 12.1 Å². The van der Waals surface area contributed by atoms with Gasteiger partial charge in [-0.05, 0) is 41.8 Å². The van der Waals surface area contributed by atoms with Gasteiger partial charge in [0.2, 0.25) is 0 Å². The van der Waals surface area contributed by atoms with Gasteiger partial charge in [0.1, 0.15) is 5.82 Å². The SMILES string of the molecule is Cc1ccccc1CNC(=O)N/C=C/c1cccc(F)c1. The van der Waals surface area contributed by atoms with Crippen molar-refractivity contribution in [2.75, 3.05) is 0 Å². The smallest absolute Gasteiger partial charge is 0.319 e. The van der Waals surface area contributed by atoms with Crippen LogP contribution in [0, 0.1) is 12.7 Å². The molecule has 2 aromatic rings. The molecule has 2 amide bonds. The number of aryl methyl sites for hydroxylation is 1. The van der Waals surface area contributed by atoms with Gasteiger partial charge in [-0.15, -0.1) is 0 Å². The van der Waals surface area contributed by atoms with E-state index >= 15 is 0 Å². The van der Waals surface area contributed by atoms with Gasteiger partial charge in [0.05, 0.1) is 0 Å². The third kappa shape index (κ3) is 4.76. The van der Waals surface area contributed by atoms with Gasteiger partial charge in [0.15, 0.2) is 0 Å². The van der Waals surface area contributed by atoms with Crippen molar-refractivity contribution in [1.29, 1.82) is 0 Å². The van der Waals surface area contributed by atoms with Crippen LogP contribution >= 0.6 is 0 Å². The highest BCUT2D eigenvalue weighted by Crippen LogP contribution is 2.06. The Hall–Kier alpha value is -2.62. The van der Waals surface area contributed by atoms with Crippen LogP contribution in [-0.2, 0) is 6.54 Å². The zero-order chi connectivity index (χ0) is 15.1. The summed E-state index contributed by atoms with van der Waals surface area (Å²) in [6, 6.07) is 13.7. The Balaban J connectivity index is 1.81. The van der Waals surface area contributed by atoms with Crippen LogP contribution in [0.5, 0.6) is 0 Å². The Labute approximate surface area is 123 Å². The van der Waals surface area contributed by atoms with E-state index in [1.54, 1.807) is 18.2 Å². The summed E-state index contributed by atoms with van der Waals surface area (Å²) in [7, 11) is 0. The third-order valence-corrected chi connectivity index (χ3v) is 3.04. The number of hydrogen-bond donors (Lipinski definition) is 2. The lowest BCUT2D eigenvalue weighted by Crippen LogP contribution is -2.31. The molecule has 0 aliphatic carbocycles. The van der Waals surface area contributed by atoms with Crippen molar-refractivity contribution in [2.45, 2.75) is 13.5 Å². The average molecular weight is 284 g/mol. The third-order valence-electron chi connectivity index (χ3n) is 3.04. The molecule has 0 bridgehead atoms. The molecule has 108 valence electrons. The number of carbonyl (C=O) groups is 1. The lowest BCUT2D eigenvalue weighted by atomic mass is 10.1. The van der Waals surface area contributed by atoms with E-state index < -0.39 is 0 Å². The average Bonchev–Trinajstić information content (AvgIpc) is 2.46. The monoisotopic (exact) mass is 284 g/mol. The molecule has 21 heavy (non-hydrogen) atoms. The Kier molecular flexibility index (Phi) is 5.10. The molecule has 0 spiro atoms. The maximum Gasteiger partial charge on any atom is 0.319 e. The van der Waals surface area contributed by atoms with Crippen molar-refractivity contribution in [3.63, 3.8) is 0 Å². The molecule has 0 aromatic heterocycles. The standard InChI is InChI=1S/C17H17FN2O/c1-13-5-2-3-7-15(13)12-20-17(21)19-10-9-14-6-4-8-16(18)11-14/h2-11H,12H2,1H3,(H2,19,20,21)/b10-9+. The van der Waals surface area contributed by atoms with Crippen LogP contribution in [0.4, 0.5) is 9.18 Å². The topological polar surface area (TPSA) is 41.1 Å². The second-order valence-corrected chi connectivity index (χ2v) is 4.64. The molecule has 2 rings (SSSR count). The van der Waals surface area contributed by atoms with E-state index in [1.807, 2.05) is 31.2 Å². The van der Waals surface area contributed by atoms with Gasteiger partial charge in [-0.1, -0.05) is 36.4 Å². The Morgan fingerprint density at radius 3 is 2.76 bits per heavy atom. The van der Waals surface area contributed by atoms with Crippen molar-refractivity contribution < 1.29 is 9.18 Å². The second kappa shape index (κ2) is 7.24. The van der Waals surface area contributed by atoms with Gasteiger partial charge in [0, 0.05) is 12.7 Å². The van der Waals surface area contributed by atoms with Crippen LogP contribution in [0.2, 0.25) is 0 Å². The highest BCUT2D eigenvalue weighted by atomic mass is 19.1. The molecule has 0 saturated carbocycles. The molecule has 0 heterocycles. The quantitative estimate of drug-likeness (QED) is 0.885. The van der Waals surface area contributed by atoms with Crippen molar-refractivity contribution in [1.82, 2.24) is 10.6 Å². The summed E-state index contributed by atoms with van der Waals surface area (Å²) in [5.74, 6) is -0.304. The molecule has 2 aromatic carbocycles. The van der Waals surface area contributed by atoms with E-state index in [0.717, 1.165) is 11.1 Å². The van der Waals surface area contributed by atoms with Crippen molar-refractivity contribution in [2.24, 2.45) is 0 Å². The number of halogens is 1. The largest absolute Gasteiger partial charge is 0.334 e. The summed E-state index contributed by atoms with van der Waals surface area (Å²) in [6.07, 6.45) is 3.12. The van der Waals surface area contributed by atoms with E-state index in [2.05, 4.69) is 10.6 Å². The molecule has 0 saturated heterocycles. The summed E-state index contributed by atoms with van der Waals surface area (Å²) in [5, 5.41) is 5.35. The Morgan fingerprint density at radius 1 is 1.19 bits per heavy atom. The highest BCUT2D eigenvalue weighted by Gasteiger charge is 2.00. The second-order valence-electron chi connectivity index (χ2n) is 4.64. The molecule has 3 nitrogen and oxygen atoms in total. The number of nitrogens with one attached hydrogen (secondary N) is 2. The first-order valence-electron chi connectivity index (χ1n) is 6.66. The van der Waals surface area contributed by atoms with Crippen molar-refractivity contribution in [3.8, 4) is 0 Å². The Bertz CT molecular complexity index is 653. The van der Waals surface area contributed by atoms with Crippen LogP contribution in [-0.4, -0.2) is 6.03 Å². The molecule has 2 N–H and O–H groups in total. The van der Waals surface area contributed by atoms with Gasteiger partial charge < -0.3 is 10.6 Å². The van der Waals surface area contributed by atoms with Crippen LogP contribution in [0.25, 0.3) is 6.08 Å². The van der Waals surface area contributed by atoms with E-state index in [-0.39, 0.29) is 11.8 Å². The van der Waals surface area contributed by atoms with Crippen molar-refractivity contribution >= 4 is 12.1 Å². The van der Waals surface area contributed by atoms with Gasteiger partial charge in [0.25, 0.3) is 0 Å². The first kappa shape index (κ1) is 14.8. The molecule has 0 aliphatic heterocycles. The maximum absolute atomic E-state index is 13.0. The minimum absolute atomic E-state index is 0.300. The molecule has 4 heteroatoms. The summed E-state index contributed by atoms with van der Waals surface area (Å²) in [6.45, 7) is 2.46. The van der Waals surface area contributed by atoms with Crippen LogP contribution in [0.1, 0.15) is 16.7 Å². The van der Waals surface area contributed by atoms with Gasteiger partial charge in [-0.2, -0.15) is 0 Å². The predicted molar refractivity (Wildman–Crippen MR) is 82.0 cm³/mol. The van der Waals surface area contributed by atoms with Crippen molar-refractivity contribution in [3.05, 3.63) is 77.2 Å². The van der Waals surface area contributed by atoms with Gasteiger partial charge in [-0.3, -0.25) is 0 Å². The lowest BCUT2D eigenvalue weighted by molar-refractivity contribution is 0.244. The minimum Gasteiger partial charge on any atom is -0.334 e. The number of rotatable bonds is 4. The molecule has 0 atom stereocenters. The molecule has 0 unspecified atom stereocenters. The first-order valence-corrected chi connectivity index (χ1v) is 6.66. The van der Waals surface area contributed by atoms with Gasteiger partial charge in [-0.25, -0.2) is 9.18 Å². The van der Waals surface area contributed by atoms with Crippen LogP contribution < -0.4 is 10.6 Å². The zero-order valence-electron chi connectivity index (χ0n) is 11.8. The number of urea groups is 1. The fourth-order valence-electron chi connectivity index (χ4n) is 1.86. The first-order chi connectivity index (χ1) is 10.1. The number of amides is 2. The van der Waals surface area contributed by atoms with E-state index in [1.165, 1.54) is 18.3 Å². The lowest BCUT2D eigenvalue weighted by Gasteiger charge is -2.07. The molecule has 0 aliphatic rings. The predicted octanol–water partition coefficient (Wildman–Crippen LogP) is 3.60. The van der Waals surface area contributed by atoms with E-state index in [4.69, 9.17) is 0 Å². The molecule has 0 fully saturated rings. The number of benzene rings is 2. The maximum atomic E-state index is 13.0. The zero-order valence-corrected chi connectivity index (χ0v) is 11.8. The highest BCUT2D eigenvalue weighted by molar-refractivity contribution is 5.75. The van der Waals surface area contributed by atoms with E-state index in [9.17, 15) is 9.18 Å². The summed E-state index contributed by atoms with van der Waals surface area (Å²) in [4.78, 5) is 11.6. The van der Waals surface area contributed by atoms with Crippen LogP contribution in [0.3, 0.4) is 0 Å². The summed E-state index contributed by atoms with van der Waals surface area (Å²) < 4.78 is 13.0. The van der Waals surface area contributed by atoms with Gasteiger partial charge >= 0.3 is 6.03 Å². The number of carbonyl (C=O) groups excluding carboxylic acids is 1. The van der Waals surface area contributed by atoms with Crippen LogP contribution in [0.15, 0.2) is 54.7 Å². The molecular weight excluding hydrogens is 267 g/mol. The fourth-order valence-corrected chi connectivity index (χ4v) is 1.86. The summed E-state index contributed by atoms with van der Waals surface area (Å²) in [5.41, 5.74) is 2.89. The fraction of sp³-hybridized carbons (Fsp3) is 0.118.